The Morgan fingerprint density at radius 3 is 1.71 bits per heavy atom. The summed E-state index contributed by atoms with van der Waals surface area (Å²) in [6, 6.07) is 0.343. The van der Waals surface area contributed by atoms with E-state index < -0.39 is 9.53 Å². The van der Waals surface area contributed by atoms with Crippen molar-refractivity contribution in [2.75, 3.05) is 34.4 Å². The van der Waals surface area contributed by atoms with Crippen LogP contribution in [-0.2, 0) is 13.3 Å². The van der Waals surface area contributed by atoms with Gasteiger partial charge in [0.2, 0.25) is 0 Å². The van der Waals surface area contributed by atoms with E-state index in [1.54, 1.807) is 21.3 Å². The van der Waals surface area contributed by atoms with Crippen LogP contribution >= 0.6 is 0 Å². The van der Waals surface area contributed by atoms with Gasteiger partial charge in [-0.15, -0.1) is 0 Å². The molecule has 6 heteroatoms. The van der Waals surface area contributed by atoms with Crippen molar-refractivity contribution in [2.45, 2.75) is 77.2 Å². The van der Waals surface area contributed by atoms with Crippen LogP contribution in [0.4, 0.5) is 0 Å². The van der Waals surface area contributed by atoms with Crippen LogP contribution in [0.2, 0.25) is 0 Å². The fraction of sp³-hybridized carbons (Fsp3) is 1.00. The second kappa shape index (κ2) is 17.8. The molecule has 1 fully saturated rings. The summed E-state index contributed by atoms with van der Waals surface area (Å²) < 4.78 is 14.2. The van der Waals surface area contributed by atoms with Gasteiger partial charge in [0.1, 0.15) is 0 Å². The summed E-state index contributed by atoms with van der Waals surface area (Å²) in [4.78, 5) is 0. The maximum Gasteiger partial charge on any atom is 0.483 e. The number of hydrogen-bond donors (Lipinski definition) is 2. The fourth-order valence-electron chi connectivity index (χ4n) is 3.02. The molecule has 0 bridgehead atoms. The lowest BCUT2D eigenvalue weighted by atomic mass is 9.94. The highest BCUT2D eigenvalue weighted by atomic mass is 28.3. The summed E-state index contributed by atoms with van der Waals surface area (Å²) in [6.45, 7) is 4.47. The zero-order chi connectivity index (χ0) is 18.0. The molecule has 2 unspecified atom stereocenters. The Kier molecular flexibility index (Phi) is 17.8. The molecule has 5 nitrogen and oxygen atoms in total. The minimum Gasteiger partial charge on any atom is -0.379 e. The van der Waals surface area contributed by atoms with E-state index in [0.717, 1.165) is 6.54 Å². The summed E-state index contributed by atoms with van der Waals surface area (Å²) >= 11 is 0. The molecular formula is C18H42N2O3Si. The van der Waals surface area contributed by atoms with E-state index in [4.69, 9.17) is 19.0 Å². The quantitative estimate of drug-likeness (QED) is 0.752. The number of nitrogens with one attached hydrogen (secondary N) is 1. The van der Waals surface area contributed by atoms with Crippen LogP contribution in [0.25, 0.3) is 0 Å². The molecule has 0 aliphatic carbocycles. The lowest BCUT2D eigenvalue weighted by Crippen LogP contribution is -2.35. The molecule has 1 rings (SSSR count). The molecule has 0 amide bonds. The van der Waals surface area contributed by atoms with Crippen molar-refractivity contribution < 1.29 is 13.3 Å². The molecule has 1 saturated heterocycles. The largest absolute Gasteiger partial charge is 0.483 e. The Morgan fingerprint density at radius 1 is 0.833 bits per heavy atom. The number of rotatable bonds is 4. The van der Waals surface area contributed by atoms with Crippen LogP contribution in [0.15, 0.2) is 0 Å². The molecule has 0 aromatic carbocycles. The number of nitrogens with two attached hydrogens (primary N) is 1. The van der Waals surface area contributed by atoms with Crippen molar-refractivity contribution in [2.24, 2.45) is 11.7 Å². The minimum absolute atomic E-state index is 0.343. The maximum atomic E-state index is 6.06. The zero-order valence-electron chi connectivity index (χ0n) is 16.5. The van der Waals surface area contributed by atoms with Crippen LogP contribution in [0, 0.1) is 5.92 Å². The van der Waals surface area contributed by atoms with E-state index in [2.05, 4.69) is 12.2 Å². The molecule has 2 atom stereocenters. The molecule has 1 aliphatic rings. The second-order valence-electron chi connectivity index (χ2n) is 6.79. The Labute approximate surface area is 152 Å². The van der Waals surface area contributed by atoms with Crippen LogP contribution in [0.1, 0.15) is 71.1 Å². The van der Waals surface area contributed by atoms with Gasteiger partial charge in [0.15, 0.2) is 0 Å². The Balaban J connectivity index is 0.000000640. The van der Waals surface area contributed by atoms with E-state index in [-0.39, 0.29) is 0 Å². The SMILES string of the molecule is CC(N)C1CCCCCCCCCCCNC1.CO[SiH](OC)OC. The predicted octanol–water partition coefficient (Wildman–Crippen LogP) is 3.10. The van der Waals surface area contributed by atoms with Gasteiger partial charge in [-0.05, 0) is 38.8 Å². The molecule has 0 saturated carbocycles. The standard InChI is InChI=1S/C15H32N2.C3H10O3Si/c1-14(16)15-11-9-7-5-3-2-4-6-8-10-12-17-13-15;1-4-7(5-2)6-3/h14-15,17H,2-13,16H2,1H3;7H,1-3H3. The molecule has 0 aromatic heterocycles. The highest BCUT2D eigenvalue weighted by Gasteiger charge is 2.12. The van der Waals surface area contributed by atoms with E-state index >= 15 is 0 Å². The Bertz CT molecular complexity index is 235. The monoisotopic (exact) mass is 362 g/mol. The zero-order valence-corrected chi connectivity index (χ0v) is 17.7. The molecule has 24 heavy (non-hydrogen) atoms. The first kappa shape index (κ1) is 24.0. The molecular weight excluding hydrogens is 320 g/mol. The van der Waals surface area contributed by atoms with Gasteiger partial charge in [0.05, 0.1) is 0 Å². The number of hydrogen-bond acceptors (Lipinski definition) is 5. The third kappa shape index (κ3) is 14.4. The van der Waals surface area contributed by atoms with E-state index in [0.29, 0.717) is 12.0 Å². The van der Waals surface area contributed by atoms with Crippen molar-refractivity contribution in [3.05, 3.63) is 0 Å². The van der Waals surface area contributed by atoms with Crippen LogP contribution in [0.3, 0.4) is 0 Å². The van der Waals surface area contributed by atoms with Gasteiger partial charge < -0.3 is 24.3 Å². The highest BCUT2D eigenvalue weighted by molar-refractivity contribution is 6.36. The lowest BCUT2D eigenvalue weighted by Gasteiger charge is -2.21. The van der Waals surface area contributed by atoms with Crippen LogP contribution < -0.4 is 11.1 Å². The molecule has 0 radical (unpaired) electrons. The Morgan fingerprint density at radius 2 is 1.29 bits per heavy atom. The van der Waals surface area contributed by atoms with Gasteiger partial charge >= 0.3 is 9.53 Å². The summed E-state index contributed by atoms with van der Waals surface area (Å²) in [5.74, 6) is 0.679. The molecule has 1 aliphatic heterocycles. The third-order valence-corrected chi connectivity index (χ3v) is 5.81. The average Bonchev–Trinajstić information content (AvgIpc) is 2.58. The van der Waals surface area contributed by atoms with Gasteiger partial charge in [-0.2, -0.15) is 0 Å². The smallest absolute Gasteiger partial charge is 0.379 e. The second-order valence-corrected chi connectivity index (χ2v) is 8.78. The minimum atomic E-state index is -1.67. The van der Waals surface area contributed by atoms with Crippen LogP contribution in [0.5, 0.6) is 0 Å². The maximum absolute atomic E-state index is 6.06. The normalized spacial score (nSPS) is 23.0. The molecule has 0 aromatic rings. The van der Waals surface area contributed by atoms with Crippen molar-refractivity contribution in [3.63, 3.8) is 0 Å². The molecule has 0 spiro atoms. The summed E-state index contributed by atoms with van der Waals surface area (Å²) in [5.41, 5.74) is 6.06. The first-order valence-corrected chi connectivity index (χ1v) is 11.1. The van der Waals surface area contributed by atoms with E-state index in [9.17, 15) is 0 Å². The summed E-state index contributed by atoms with van der Waals surface area (Å²) in [5, 5.41) is 3.59. The van der Waals surface area contributed by atoms with Gasteiger partial charge in [0, 0.05) is 27.4 Å². The van der Waals surface area contributed by atoms with Crippen molar-refractivity contribution in [3.8, 4) is 0 Å². The lowest BCUT2D eigenvalue weighted by molar-refractivity contribution is 0.163. The third-order valence-electron chi connectivity index (χ3n) is 4.66. The fourth-order valence-corrected chi connectivity index (χ4v) is 3.60. The van der Waals surface area contributed by atoms with Crippen molar-refractivity contribution in [1.29, 1.82) is 0 Å². The van der Waals surface area contributed by atoms with Crippen LogP contribution in [-0.4, -0.2) is 50.0 Å². The molecule has 146 valence electrons. The Hall–Kier alpha value is 0.0169. The molecule has 3 N–H and O–H groups in total. The highest BCUT2D eigenvalue weighted by Crippen LogP contribution is 2.15. The van der Waals surface area contributed by atoms with Crippen molar-refractivity contribution in [1.82, 2.24) is 5.32 Å². The van der Waals surface area contributed by atoms with Gasteiger partial charge in [-0.3, -0.25) is 0 Å². The first-order valence-electron chi connectivity index (χ1n) is 9.70. The summed E-state index contributed by atoms with van der Waals surface area (Å²) in [6.07, 6.45) is 14.0. The van der Waals surface area contributed by atoms with E-state index in [1.165, 1.54) is 70.8 Å². The van der Waals surface area contributed by atoms with Crippen molar-refractivity contribution >= 4 is 9.53 Å². The van der Waals surface area contributed by atoms with Gasteiger partial charge in [-0.25, -0.2) is 0 Å². The summed E-state index contributed by atoms with van der Waals surface area (Å²) in [7, 11) is 3.05. The van der Waals surface area contributed by atoms with Gasteiger partial charge in [-0.1, -0.05) is 51.4 Å². The topological polar surface area (TPSA) is 65.7 Å². The predicted molar refractivity (Wildman–Crippen MR) is 104 cm³/mol. The average molecular weight is 363 g/mol. The molecule has 1 heterocycles. The first-order chi connectivity index (χ1) is 11.7. The van der Waals surface area contributed by atoms with Gasteiger partial charge in [0.25, 0.3) is 0 Å². The van der Waals surface area contributed by atoms with E-state index in [1.807, 2.05) is 0 Å².